The average molecular weight is 654 g/mol. The number of likely N-dealkylation sites (tertiary alicyclic amines) is 1. The Labute approximate surface area is 265 Å². The molecule has 14 nitrogen and oxygen atoms in total. The van der Waals surface area contributed by atoms with E-state index in [1.165, 1.54) is 23.5 Å². The van der Waals surface area contributed by atoms with Gasteiger partial charge in [-0.25, -0.2) is 14.4 Å². The summed E-state index contributed by atoms with van der Waals surface area (Å²) in [4.78, 5) is 59.2. The lowest BCUT2D eigenvalue weighted by Crippen LogP contribution is -2.42. The summed E-state index contributed by atoms with van der Waals surface area (Å²) in [6.45, 7) is 4.23. The fourth-order valence-corrected chi connectivity index (χ4v) is 5.19. The van der Waals surface area contributed by atoms with Gasteiger partial charge >= 0.3 is 0 Å². The Balaban J connectivity index is 0.000000410. The van der Waals surface area contributed by atoms with Crippen LogP contribution < -0.4 is 25.7 Å². The van der Waals surface area contributed by atoms with E-state index in [0.29, 0.717) is 24.0 Å². The smallest absolute Gasteiger partial charge is 0.280 e. The molecule has 1 saturated heterocycles. The number of imidazole rings is 1. The van der Waals surface area contributed by atoms with Gasteiger partial charge in [-0.15, -0.1) is 11.3 Å². The molecule has 0 saturated carbocycles. The minimum absolute atomic E-state index is 0.0926. The predicted octanol–water partition coefficient (Wildman–Crippen LogP) is -2.66. The fraction of sp³-hybridized carbons (Fsp3) is 0.300. The molecule has 5 rings (SSSR count). The van der Waals surface area contributed by atoms with Crippen LogP contribution in [0.4, 0.5) is 4.39 Å². The third-order valence-corrected chi connectivity index (χ3v) is 7.61. The van der Waals surface area contributed by atoms with E-state index in [1.807, 2.05) is 29.6 Å². The highest BCUT2D eigenvalue weighted by molar-refractivity contribution is 7.11. The quantitative estimate of drug-likeness (QED) is 0.192. The van der Waals surface area contributed by atoms with Crippen LogP contribution in [0.15, 0.2) is 60.1 Å². The third-order valence-electron chi connectivity index (χ3n) is 6.84. The monoisotopic (exact) mass is 653 g/mol. The number of benzene rings is 2. The number of fused-ring (bicyclic) bond motifs is 1. The van der Waals surface area contributed by atoms with Gasteiger partial charge in [-0.2, -0.15) is 0 Å². The lowest BCUT2D eigenvalue weighted by atomic mass is 9.93. The number of nitrogens with one attached hydrogen (secondary N) is 1. The second kappa shape index (κ2) is 17.3. The summed E-state index contributed by atoms with van der Waals surface area (Å²) in [5.74, 6) is -7.38. The van der Waals surface area contributed by atoms with Crippen LogP contribution in [0.3, 0.4) is 0 Å². The molecule has 0 atom stereocenters. The van der Waals surface area contributed by atoms with Crippen LogP contribution in [0.25, 0.3) is 11.0 Å². The van der Waals surface area contributed by atoms with Crippen LogP contribution in [0.1, 0.15) is 34.0 Å². The molecule has 4 aromatic rings. The lowest BCUT2D eigenvalue weighted by molar-refractivity contribution is -0.345. The minimum Gasteiger partial charge on any atom is -0.543 e. The maximum atomic E-state index is 13.4. The second-order valence-electron chi connectivity index (χ2n) is 9.96. The number of nitrogens with zero attached hydrogens (tertiary/aromatic N) is 4. The van der Waals surface area contributed by atoms with Gasteiger partial charge in [-0.3, -0.25) is 4.79 Å². The maximum Gasteiger partial charge on any atom is 0.280 e. The van der Waals surface area contributed by atoms with Crippen LogP contribution in [-0.2, 0) is 32.1 Å². The number of carboxylic acid groups (broad SMARTS) is 4. The first-order valence-electron chi connectivity index (χ1n) is 13.9. The van der Waals surface area contributed by atoms with Gasteiger partial charge < -0.3 is 54.4 Å². The van der Waals surface area contributed by atoms with E-state index in [4.69, 9.17) is 44.6 Å². The molecule has 2 aromatic carbocycles. The fourth-order valence-electron chi connectivity index (χ4n) is 4.64. The van der Waals surface area contributed by atoms with Gasteiger partial charge in [0.25, 0.3) is 5.91 Å². The number of aromatic nitrogens is 3. The third kappa shape index (κ3) is 11.0. The number of halogens is 1. The van der Waals surface area contributed by atoms with Crippen LogP contribution in [0, 0.1) is 11.7 Å². The normalized spacial score (nSPS) is 13.1. The number of aliphatic carboxylic acids is 4. The molecule has 0 unspecified atom stereocenters. The molecule has 16 heteroatoms. The zero-order valence-electron chi connectivity index (χ0n) is 24.3. The highest BCUT2D eigenvalue weighted by Crippen LogP contribution is 2.25. The summed E-state index contributed by atoms with van der Waals surface area (Å²) < 4.78 is 15.7. The Kier molecular flexibility index (Phi) is 13.3. The molecule has 1 fully saturated rings. The minimum atomic E-state index is -2.19. The Morgan fingerprint density at radius 3 is 2.07 bits per heavy atom. The van der Waals surface area contributed by atoms with Crippen LogP contribution in [0.2, 0.25) is 0 Å². The van der Waals surface area contributed by atoms with Gasteiger partial charge in [0.05, 0.1) is 34.9 Å². The number of amides is 1. The Hall–Kier alpha value is -5.22. The van der Waals surface area contributed by atoms with Gasteiger partial charge in [0.15, 0.2) is 5.01 Å². The highest BCUT2D eigenvalue weighted by Gasteiger charge is 2.22. The topological polar surface area (TPSA) is 224 Å². The van der Waals surface area contributed by atoms with E-state index >= 15 is 0 Å². The molecule has 1 aliphatic rings. The molecule has 0 radical (unpaired) electrons. The second-order valence-corrected chi connectivity index (χ2v) is 10.9. The van der Waals surface area contributed by atoms with E-state index in [1.54, 1.807) is 6.20 Å². The summed E-state index contributed by atoms with van der Waals surface area (Å²) in [7, 11) is 0. The summed E-state index contributed by atoms with van der Waals surface area (Å²) in [6.07, 6.45) is 4.81. The molecule has 0 bridgehead atoms. The van der Waals surface area contributed by atoms with Gasteiger partial charge in [0, 0.05) is 37.6 Å². The van der Waals surface area contributed by atoms with Crippen molar-refractivity contribution in [2.75, 3.05) is 26.2 Å². The van der Waals surface area contributed by atoms with E-state index in [9.17, 15) is 9.18 Å². The van der Waals surface area contributed by atoms with Crippen LogP contribution in [-0.4, -0.2) is 75.4 Å². The molecule has 1 aliphatic heterocycles. The van der Waals surface area contributed by atoms with Crippen molar-refractivity contribution in [2.24, 2.45) is 5.92 Å². The van der Waals surface area contributed by atoms with Crippen LogP contribution in [0.5, 0.6) is 0 Å². The largest absolute Gasteiger partial charge is 0.543 e. The van der Waals surface area contributed by atoms with Crippen molar-refractivity contribution in [3.8, 4) is 0 Å². The summed E-state index contributed by atoms with van der Waals surface area (Å²) in [5, 5.41) is 41.0. The molecule has 244 valence electrons. The number of hydrogen-bond donors (Lipinski definition) is 1. The molecule has 3 heterocycles. The molecule has 1 amide bonds. The number of carbonyl (C=O) groups excluding carboxylic acids is 5. The number of piperidine rings is 1. The first kappa shape index (κ1) is 35.3. The highest BCUT2D eigenvalue weighted by atomic mass is 32.1. The van der Waals surface area contributed by atoms with E-state index in [0.717, 1.165) is 61.3 Å². The average Bonchev–Trinajstić information content (AvgIpc) is 3.69. The number of para-hydroxylation sites is 2. The maximum absolute atomic E-state index is 13.4. The van der Waals surface area contributed by atoms with E-state index in [2.05, 4.69) is 31.9 Å². The Morgan fingerprint density at radius 2 is 1.50 bits per heavy atom. The SMILES string of the molecule is O=C(NCCN1CCC(Cc2nc3ccccc3n2Cc2ccc(F)cc2)CC1)c1nccs1.O=C([O-])C(=O)[O-].O=C([O-])C(=O)[O-]. The molecule has 0 aliphatic carbocycles. The molecular formula is C30H28FN5O9S-4. The lowest BCUT2D eigenvalue weighted by Gasteiger charge is -2.31. The van der Waals surface area contributed by atoms with E-state index in [-0.39, 0.29) is 11.7 Å². The van der Waals surface area contributed by atoms with Crippen molar-refractivity contribution < 1.29 is 48.8 Å². The van der Waals surface area contributed by atoms with Crippen molar-refractivity contribution in [1.29, 1.82) is 0 Å². The predicted molar refractivity (Wildman–Crippen MR) is 153 cm³/mol. The zero-order chi connectivity index (χ0) is 33.6. The van der Waals surface area contributed by atoms with Gasteiger partial charge in [-0.05, 0) is 61.7 Å². The number of hydrogen-bond acceptors (Lipinski definition) is 13. The number of carboxylic acids is 4. The van der Waals surface area contributed by atoms with Gasteiger partial charge in [0.1, 0.15) is 11.6 Å². The zero-order valence-corrected chi connectivity index (χ0v) is 25.1. The molecule has 2 aromatic heterocycles. The van der Waals surface area contributed by atoms with Crippen molar-refractivity contribution >= 4 is 52.2 Å². The number of rotatable bonds is 8. The molecular weight excluding hydrogens is 625 g/mol. The van der Waals surface area contributed by atoms with Gasteiger partial charge in [-0.1, -0.05) is 24.3 Å². The van der Waals surface area contributed by atoms with Crippen LogP contribution >= 0.6 is 11.3 Å². The summed E-state index contributed by atoms with van der Waals surface area (Å²) in [5.41, 5.74) is 3.20. The Bertz CT molecular complexity index is 1590. The molecule has 1 N–H and O–H groups in total. The van der Waals surface area contributed by atoms with Crippen molar-refractivity contribution in [1.82, 2.24) is 24.8 Å². The van der Waals surface area contributed by atoms with Crippen molar-refractivity contribution in [2.45, 2.75) is 25.8 Å². The summed E-state index contributed by atoms with van der Waals surface area (Å²) >= 11 is 1.36. The molecule has 46 heavy (non-hydrogen) atoms. The number of thiazole rings is 1. The standard InChI is InChI=1S/C26H28FN5OS.2C2H2O4/c27-21-7-5-20(6-8-21)18-32-23-4-2-1-3-22(23)30-24(32)17-19-9-13-31(14-10-19)15-11-28-25(33)26-29-12-16-34-26;2*3-1(4)2(5)6/h1-8,12,16,19H,9-11,13-15,17-18H2,(H,28,33);2*(H,3,4)(H,5,6)/p-4. The molecule has 0 spiro atoms. The Morgan fingerprint density at radius 1 is 0.891 bits per heavy atom. The van der Waals surface area contributed by atoms with Crippen molar-refractivity contribution in [3.63, 3.8) is 0 Å². The van der Waals surface area contributed by atoms with Gasteiger partial charge in [0.2, 0.25) is 0 Å². The first-order chi connectivity index (χ1) is 21.9. The van der Waals surface area contributed by atoms with Crippen molar-refractivity contribution in [3.05, 3.63) is 82.3 Å². The number of carbonyl (C=O) groups is 5. The summed E-state index contributed by atoms with van der Waals surface area (Å²) in [6, 6.07) is 15.0. The first-order valence-corrected chi connectivity index (χ1v) is 14.8. The van der Waals surface area contributed by atoms with E-state index < -0.39 is 23.9 Å².